The molecule has 2 rings (SSSR count). The Balaban J connectivity index is 2.45. The van der Waals surface area contributed by atoms with Crippen LogP contribution in [0.2, 0.25) is 0 Å². The highest BCUT2D eigenvalue weighted by atomic mass is 19.1. The fourth-order valence-electron chi connectivity index (χ4n) is 3.11. The Hall–Kier alpha value is -1.42. The third-order valence-corrected chi connectivity index (χ3v) is 4.21. The van der Waals surface area contributed by atoms with Gasteiger partial charge < -0.3 is 10.0 Å². The maximum Gasteiger partial charge on any atom is 0.311 e. The summed E-state index contributed by atoms with van der Waals surface area (Å²) in [6.07, 6.45) is 2.31. The van der Waals surface area contributed by atoms with Gasteiger partial charge in [0.15, 0.2) is 0 Å². The molecule has 19 heavy (non-hydrogen) atoms. The lowest BCUT2D eigenvalue weighted by Crippen LogP contribution is -2.48. The van der Waals surface area contributed by atoms with Gasteiger partial charge in [-0.2, -0.15) is 0 Å². The largest absolute Gasteiger partial charge is 0.481 e. The summed E-state index contributed by atoms with van der Waals surface area (Å²) >= 11 is 0. The monoisotopic (exact) mass is 265 g/mol. The van der Waals surface area contributed by atoms with Gasteiger partial charge in [0.05, 0.1) is 11.5 Å². The van der Waals surface area contributed by atoms with E-state index in [0.29, 0.717) is 18.4 Å². The Bertz CT molecular complexity index is 495. The summed E-state index contributed by atoms with van der Waals surface area (Å²) < 4.78 is 13.4. The van der Waals surface area contributed by atoms with E-state index in [1.54, 1.807) is 19.1 Å². The molecular weight excluding hydrogens is 245 g/mol. The molecule has 1 saturated carbocycles. The van der Waals surface area contributed by atoms with Crippen molar-refractivity contribution in [3.05, 3.63) is 35.1 Å². The number of nitrogens with zero attached hydrogens (tertiary/aromatic N) is 1. The molecule has 1 aliphatic rings. The molecule has 0 bridgehead atoms. The van der Waals surface area contributed by atoms with Gasteiger partial charge in [-0.25, -0.2) is 4.39 Å². The lowest BCUT2D eigenvalue weighted by atomic mass is 9.62. The molecule has 1 aromatic rings. The number of hydrogen-bond acceptors (Lipinski definition) is 2. The van der Waals surface area contributed by atoms with E-state index in [1.165, 1.54) is 6.07 Å². The van der Waals surface area contributed by atoms with Crippen LogP contribution in [0.3, 0.4) is 0 Å². The lowest BCUT2D eigenvalue weighted by molar-refractivity contribution is -0.161. The van der Waals surface area contributed by atoms with Gasteiger partial charge in [0, 0.05) is 0 Å². The van der Waals surface area contributed by atoms with Crippen molar-refractivity contribution in [3.63, 3.8) is 0 Å². The van der Waals surface area contributed by atoms with E-state index in [0.717, 1.165) is 12.0 Å². The minimum Gasteiger partial charge on any atom is -0.481 e. The topological polar surface area (TPSA) is 40.5 Å². The normalized spacial score (nSPS) is 19.0. The van der Waals surface area contributed by atoms with Gasteiger partial charge in [0.2, 0.25) is 0 Å². The lowest BCUT2D eigenvalue weighted by Gasteiger charge is -2.47. The average Bonchev–Trinajstić information content (AvgIpc) is 2.26. The molecule has 1 fully saturated rings. The van der Waals surface area contributed by atoms with Crippen LogP contribution in [-0.2, 0) is 4.79 Å². The minimum absolute atomic E-state index is 0.210. The predicted molar refractivity (Wildman–Crippen MR) is 71.5 cm³/mol. The molecular formula is C15H20FNO2. The third kappa shape index (κ3) is 2.25. The molecule has 1 atom stereocenters. The summed E-state index contributed by atoms with van der Waals surface area (Å²) in [6.45, 7) is 1.71. The molecule has 0 heterocycles. The highest BCUT2D eigenvalue weighted by molar-refractivity contribution is 5.77. The molecule has 0 saturated heterocycles. The first-order valence-electron chi connectivity index (χ1n) is 6.54. The summed E-state index contributed by atoms with van der Waals surface area (Å²) in [5.41, 5.74) is 0.712. The van der Waals surface area contributed by atoms with Crippen LogP contribution in [-0.4, -0.2) is 30.1 Å². The molecule has 0 aromatic heterocycles. The van der Waals surface area contributed by atoms with Crippen molar-refractivity contribution in [1.29, 1.82) is 0 Å². The van der Waals surface area contributed by atoms with Gasteiger partial charge in [0.1, 0.15) is 5.82 Å². The molecule has 104 valence electrons. The smallest absolute Gasteiger partial charge is 0.311 e. The van der Waals surface area contributed by atoms with Crippen molar-refractivity contribution in [2.45, 2.75) is 32.2 Å². The number of carbonyl (C=O) groups is 1. The SMILES string of the molecule is Cc1cc(C(N(C)C)C2(C(=O)O)CCC2)ccc1F. The first-order valence-corrected chi connectivity index (χ1v) is 6.54. The Morgan fingerprint density at radius 3 is 2.42 bits per heavy atom. The van der Waals surface area contributed by atoms with Crippen LogP contribution in [0, 0.1) is 18.2 Å². The van der Waals surface area contributed by atoms with Gasteiger partial charge in [-0.15, -0.1) is 0 Å². The van der Waals surface area contributed by atoms with Crippen LogP contribution in [0.4, 0.5) is 4.39 Å². The van der Waals surface area contributed by atoms with Crippen LogP contribution in [0.5, 0.6) is 0 Å². The molecule has 4 heteroatoms. The molecule has 0 aliphatic heterocycles. The van der Waals surface area contributed by atoms with Crippen LogP contribution < -0.4 is 0 Å². The third-order valence-electron chi connectivity index (χ3n) is 4.21. The molecule has 1 unspecified atom stereocenters. The second-order valence-electron chi connectivity index (χ2n) is 5.69. The maximum atomic E-state index is 13.4. The van der Waals surface area contributed by atoms with E-state index < -0.39 is 11.4 Å². The Kier molecular flexibility index (Phi) is 3.63. The van der Waals surface area contributed by atoms with Gasteiger partial charge >= 0.3 is 5.97 Å². The zero-order valence-electron chi connectivity index (χ0n) is 11.6. The van der Waals surface area contributed by atoms with E-state index >= 15 is 0 Å². The number of carboxylic acids is 1. The van der Waals surface area contributed by atoms with E-state index in [1.807, 2.05) is 19.0 Å². The molecule has 0 spiro atoms. The number of aliphatic carboxylic acids is 1. The zero-order valence-corrected chi connectivity index (χ0v) is 11.6. The van der Waals surface area contributed by atoms with Crippen molar-refractivity contribution < 1.29 is 14.3 Å². The van der Waals surface area contributed by atoms with Gasteiger partial charge in [-0.3, -0.25) is 4.79 Å². The molecule has 3 nitrogen and oxygen atoms in total. The van der Waals surface area contributed by atoms with Crippen LogP contribution >= 0.6 is 0 Å². The van der Waals surface area contributed by atoms with Crippen LogP contribution in [0.1, 0.15) is 36.4 Å². The second-order valence-corrected chi connectivity index (χ2v) is 5.69. The molecule has 0 radical (unpaired) electrons. The standard InChI is InChI=1S/C15H20FNO2/c1-10-9-11(5-6-12(10)16)13(17(2)3)15(14(18)19)7-4-8-15/h5-6,9,13H,4,7-8H2,1-3H3,(H,18,19). The summed E-state index contributed by atoms with van der Waals surface area (Å²) in [4.78, 5) is 13.6. The summed E-state index contributed by atoms with van der Waals surface area (Å²) in [5.74, 6) is -1.00. The minimum atomic E-state index is -0.751. The second kappa shape index (κ2) is 4.93. The number of halogens is 1. The van der Waals surface area contributed by atoms with Crippen LogP contribution in [0.15, 0.2) is 18.2 Å². The molecule has 1 aliphatic carbocycles. The number of hydrogen-bond donors (Lipinski definition) is 1. The van der Waals surface area contributed by atoms with Gasteiger partial charge in [-0.1, -0.05) is 18.6 Å². The predicted octanol–water partition coefficient (Wildman–Crippen LogP) is 2.99. The number of carboxylic acid groups (broad SMARTS) is 1. The fourth-order valence-corrected chi connectivity index (χ4v) is 3.11. The van der Waals surface area contributed by atoms with E-state index in [4.69, 9.17) is 0 Å². The summed E-state index contributed by atoms with van der Waals surface area (Å²) in [7, 11) is 3.76. The van der Waals surface area contributed by atoms with E-state index in [9.17, 15) is 14.3 Å². The summed E-state index contributed by atoms with van der Waals surface area (Å²) in [5, 5.41) is 9.59. The zero-order chi connectivity index (χ0) is 14.2. The Morgan fingerprint density at radius 2 is 2.05 bits per heavy atom. The van der Waals surface area contributed by atoms with E-state index in [-0.39, 0.29) is 11.9 Å². The average molecular weight is 265 g/mol. The Labute approximate surface area is 113 Å². The number of aryl methyl sites for hydroxylation is 1. The molecule has 0 amide bonds. The van der Waals surface area contributed by atoms with Gasteiger partial charge in [0.25, 0.3) is 0 Å². The van der Waals surface area contributed by atoms with Gasteiger partial charge in [-0.05, 0) is 51.1 Å². The van der Waals surface area contributed by atoms with Crippen molar-refractivity contribution in [2.24, 2.45) is 5.41 Å². The number of rotatable bonds is 4. The highest BCUT2D eigenvalue weighted by Gasteiger charge is 2.52. The van der Waals surface area contributed by atoms with Crippen molar-refractivity contribution in [3.8, 4) is 0 Å². The first-order chi connectivity index (χ1) is 8.88. The Morgan fingerprint density at radius 1 is 1.42 bits per heavy atom. The van der Waals surface area contributed by atoms with Crippen LogP contribution in [0.25, 0.3) is 0 Å². The fraction of sp³-hybridized carbons (Fsp3) is 0.533. The van der Waals surface area contributed by atoms with Crippen molar-refractivity contribution >= 4 is 5.97 Å². The quantitative estimate of drug-likeness (QED) is 0.909. The highest BCUT2D eigenvalue weighted by Crippen LogP contribution is 2.52. The van der Waals surface area contributed by atoms with Crippen molar-refractivity contribution in [2.75, 3.05) is 14.1 Å². The number of benzene rings is 1. The molecule has 1 aromatic carbocycles. The maximum absolute atomic E-state index is 13.4. The van der Waals surface area contributed by atoms with E-state index in [2.05, 4.69) is 0 Å². The molecule has 1 N–H and O–H groups in total. The summed E-state index contributed by atoms with van der Waals surface area (Å²) in [6, 6.07) is 4.69. The first kappa shape index (κ1) is 14.0. The van der Waals surface area contributed by atoms with Crippen molar-refractivity contribution in [1.82, 2.24) is 4.90 Å².